The van der Waals surface area contributed by atoms with Gasteiger partial charge in [-0.15, -0.1) is 0 Å². The van der Waals surface area contributed by atoms with Crippen molar-refractivity contribution in [1.82, 2.24) is 0 Å². The van der Waals surface area contributed by atoms with E-state index in [-0.39, 0.29) is 0 Å². The van der Waals surface area contributed by atoms with Crippen LogP contribution in [-0.4, -0.2) is 25.2 Å². The lowest BCUT2D eigenvalue weighted by Gasteiger charge is -2.39. The van der Waals surface area contributed by atoms with Crippen molar-refractivity contribution in [1.29, 1.82) is 0 Å². The number of hydrogen-bond donors (Lipinski definition) is 0. The fourth-order valence-electron chi connectivity index (χ4n) is 2.54. The van der Waals surface area contributed by atoms with E-state index in [0.29, 0.717) is 0 Å². The van der Waals surface area contributed by atoms with E-state index in [4.69, 9.17) is 8.23 Å². The Balaban J connectivity index is 3.28. The molecular formula is C15H30O2Si3. The van der Waals surface area contributed by atoms with Gasteiger partial charge in [0.25, 0.3) is 0 Å². The minimum absolute atomic E-state index is 1.28. The molecule has 1 aromatic carbocycles. The summed E-state index contributed by atoms with van der Waals surface area (Å²) in [5, 5.41) is 1.28. The minimum Gasteiger partial charge on any atom is -0.433 e. The maximum absolute atomic E-state index is 6.59. The van der Waals surface area contributed by atoms with Crippen LogP contribution in [0.1, 0.15) is 11.1 Å². The van der Waals surface area contributed by atoms with Crippen LogP contribution in [0.4, 0.5) is 0 Å². The third-order valence-corrected chi connectivity index (χ3v) is 12.1. The SMILES string of the molecule is Cc1cc(C)cc([Si](C)(O[Si](C)(C)C)O[Si](C)(C)C)c1. The van der Waals surface area contributed by atoms with Crippen LogP contribution in [0.25, 0.3) is 0 Å². The lowest BCUT2D eigenvalue weighted by Crippen LogP contribution is -2.60. The molecule has 0 spiro atoms. The zero-order valence-electron chi connectivity index (χ0n) is 14.5. The van der Waals surface area contributed by atoms with E-state index in [0.717, 1.165) is 0 Å². The van der Waals surface area contributed by atoms with Crippen molar-refractivity contribution in [3.8, 4) is 0 Å². The summed E-state index contributed by atoms with van der Waals surface area (Å²) in [7, 11) is -5.64. The third kappa shape index (κ3) is 5.65. The fraction of sp³-hybridized carbons (Fsp3) is 0.600. The summed E-state index contributed by atoms with van der Waals surface area (Å²) in [6.45, 7) is 20.0. The Hall–Kier alpha value is -0.209. The van der Waals surface area contributed by atoms with Crippen LogP contribution in [0.15, 0.2) is 18.2 Å². The molecule has 5 heteroatoms. The van der Waals surface area contributed by atoms with Gasteiger partial charge in [0.15, 0.2) is 16.6 Å². The summed E-state index contributed by atoms with van der Waals surface area (Å²) < 4.78 is 13.2. The van der Waals surface area contributed by atoms with Crippen LogP contribution in [0, 0.1) is 13.8 Å². The van der Waals surface area contributed by atoms with E-state index >= 15 is 0 Å². The first-order chi connectivity index (χ1) is 8.81. The predicted molar refractivity (Wildman–Crippen MR) is 96.0 cm³/mol. The monoisotopic (exact) mass is 326 g/mol. The minimum atomic E-state index is -2.34. The van der Waals surface area contributed by atoms with Gasteiger partial charge in [-0.25, -0.2) is 0 Å². The van der Waals surface area contributed by atoms with Crippen LogP contribution in [-0.2, 0) is 8.23 Å². The van der Waals surface area contributed by atoms with Gasteiger partial charge in [-0.05, 0) is 64.9 Å². The molecule has 0 fully saturated rings. The molecule has 1 rings (SSSR count). The van der Waals surface area contributed by atoms with Crippen molar-refractivity contribution in [2.45, 2.75) is 59.7 Å². The average Bonchev–Trinajstić information content (AvgIpc) is 2.08. The van der Waals surface area contributed by atoms with Crippen molar-refractivity contribution in [3.63, 3.8) is 0 Å². The third-order valence-electron chi connectivity index (χ3n) is 2.75. The molecule has 1 aromatic rings. The highest BCUT2D eigenvalue weighted by molar-refractivity contribution is 6.94. The molecule has 20 heavy (non-hydrogen) atoms. The molecule has 0 saturated carbocycles. The molecule has 0 amide bonds. The van der Waals surface area contributed by atoms with E-state index in [1.165, 1.54) is 16.3 Å². The van der Waals surface area contributed by atoms with Gasteiger partial charge in [-0.3, -0.25) is 0 Å². The maximum atomic E-state index is 6.59. The van der Waals surface area contributed by atoms with Crippen LogP contribution < -0.4 is 5.19 Å². The molecule has 0 saturated heterocycles. The van der Waals surface area contributed by atoms with Gasteiger partial charge in [-0.1, -0.05) is 29.3 Å². The molecule has 0 atom stereocenters. The number of rotatable bonds is 5. The van der Waals surface area contributed by atoms with Crippen LogP contribution in [0.5, 0.6) is 0 Å². The van der Waals surface area contributed by atoms with Gasteiger partial charge in [0.1, 0.15) is 0 Å². The Labute approximate surface area is 128 Å². The number of hydrogen-bond acceptors (Lipinski definition) is 2. The molecular weight excluding hydrogens is 296 g/mol. The molecule has 0 aliphatic heterocycles. The zero-order valence-corrected chi connectivity index (χ0v) is 17.5. The first-order valence-corrected chi connectivity index (χ1v) is 16.4. The molecule has 2 nitrogen and oxygen atoms in total. The van der Waals surface area contributed by atoms with E-state index < -0.39 is 25.2 Å². The number of benzene rings is 1. The molecule has 0 aliphatic carbocycles. The second kappa shape index (κ2) is 5.88. The average molecular weight is 327 g/mol. The van der Waals surface area contributed by atoms with E-state index in [1.807, 2.05) is 0 Å². The zero-order chi connectivity index (χ0) is 15.8. The standard InChI is InChI=1S/C15H30O2Si3/c1-13-10-14(2)12-15(11-13)20(9,16-18(3,4)5)17-19(6,7)8/h10-12H,1-9H3. The van der Waals surface area contributed by atoms with Gasteiger partial charge in [0, 0.05) is 0 Å². The Morgan fingerprint density at radius 3 is 1.30 bits per heavy atom. The predicted octanol–water partition coefficient (Wildman–Crippen LogP) is 4.29. The highest BCUT2D eigenvalue weighted by Crippen LogP contribution is 2.21. The Morgan fingerprint density at radius 2 is 1.00 bits per heavy atom. The van der Waals surface area contributed by atoms with Crippen molar-refractivity contribution in [2.75, 3.05) is 0 Å². The van der Waals surface area contributed by atoms with Crippen LogP contribution in [0.2, 0.25) is 45.8 Å². The highest BCUT2D eigenvalue weighted by atomic mass is 28.5. The molecule has 0 aromatic heterocycles. The van der Waals surface area contributed by atoms with Crippen molar-refractivity contribution in [2.24, 2.45) is 0 Å². The normalized spacial score (nSPS) is 13.7. The van der Waals surface area contributed by atoms with Gasteiger partial charge < -0.3 is 8.23 Å². The smallest absolute Gasteiger partial charge is 0.348 e. The summed E-state index contributed by atoms with van der Waals surface area (Å²) in [6.07, 6.45) is 0. The van der Waals surface area contributed by atoms with E-state index in [2.05, 4.69) is 77.9 Å². The van der Waals surface area contributed by atoms with Crippen molar-refractivity contribution < 1.29 is 8.23 Å². The highest BCUT2D eigenvalue weighted by Gasteiger charge is 2.42. The van der Waals surface area contributed by atoms with Gasteiger partial charge in [0.2, 0.25) is 0 Å². The van der Waals surface area contributed by atoms with Gasteiger partial charge in [0.05, 0.1) is 0 Å². The molecule has 0 radical (unpaired) electrons. The molecule has 0 heterocycles. The molecule has 0 unspecified atom stereocenters. The van der Waals surface area contributed by atoms with Gasteiger partial charge >= 0.3 is 8.56 Å². The first kappa shape index (κ1) is 17.8. The molecule has 0 aliphatic rings. The van der Waals surface area contributed by atoms with E-state index in [9.17, 15) is 0 Å². The van der Waals surface area contributed by atoms with Crippen molar-refractivity contribution >= 4 is 30.4 Å². The molecule has 0 N–H and O–H groups in total. The van der Waals surface area contributed by atoms with E-state index in [1.54, 1.807) is 0 Å². The number of aryl methyl sites for hydroxylation is 2. The molecule has 114 valence electrons. The maximum Gasteiger partial charge on any atom is 0.348 e. The summed E-state index contributed by atoms with van der Waals surface area (Å²) in [5.41, 5.74) is 2.58. The van der Waals surface area contributed by atoms with Gasteiger partial charge in [-0.2, -0.15) is 0 Å². The Bertz CT molecular complexity index is 437. The Morgan fingerprint density at radius 1 is 0.650 bits per heavy atom. The second-order valence-electron chi connectivity index (χ2n) is 7.75. The lowest BCUT2D eigenvalue weighted by molar-refractivity contribution is 0.404. The topological polar surface area (TPSA) is 18.5 Å². The Kier molecular flexibility index (Phi) is 5.25. The quantitative estimate of drug-likeness (QED) is 0.752. The lowest BCUT2D eigenvalue weighted by atomic mass is 10.2. The first-order valence-electron chi connectivity index (χ1n) is 7.30. The second-order valence-corrected chi connectivity index (χ2v) is 20.3. The molecule has 0 bridgehead atoms. The summed E-state index contributed by atoms with van der Waals surface area (Å²) in [4.78, 5) is 0. The largest absolute Gasteiger partial charge is 0.433 e. The summed E-state index contributed by atoms with van der Waals surface area (Å²) >= 11 is 0. The fourth-order valence-corrected chi connectivity index (χ4v) is 14.4. The summed E-state index contributed by atoms with van der Waals surface area (Å²) in [5.74, 6) is 0. The van der Waals surface area contributed by atoms with Crippen LogP contribution >= 0.6 is 0 Å². The summed E-state index contributed by atoms with van der Waals surface area (Å²) in [6, 6.07) is 6.71. The van der Waals surface area contributed by atoms with Crippen molar-refractivity contribution in [3.05, 3.63) is 29.3 Å². The van der Waals surface area contributed by atoms with Crippen LogP contribution in [0.3, 0.4) is 0 Å².